The Kier molecular flexibility index (Phi) is 6.84. The van der Waals surface area contributed by atoms with Crippen molar-refractivity contribution in [2.45, 2.75) is 64.0 Å². The van der Waals surface area contributed by atoms with Crippen LogP contribution >= 0.6 is 0 Å². The Morgan fingerprint density at radius 1 is 1.05 bits per heavy atom. The van der Waals surface area contributed by atoms with Crippen LogP contribution in [0.25, 0.3) is 11.0 Å². The molecule has 1 saturated carbocycles. The zero-order valence-corrected chi connectivity index (χ0v) is 22.1. The standard InChI is InChI=1S/C29H36N4O4/c1-18-5-14-23-24(32(18)29(36)37-4)15-16-25-27(23)30-26(17-19-6-10-21(11-7-19)31(2)3)33(25)22-12-8-20(9-13-22)28(34)35/h6-7,10-11,15-16,18,20,22H,5,8-9,12-14,17H2,1-4H3,(H,34,35). The predicted octanol–water partition coefficient (Wildman–Crippen LogP) is 5.42. The Hall–Kier alpha value is -3.55. The summed E-state index contributed by atoms with van der Waals surface area (Å²) < 4.78 is 7.45. The first-order chi connectivity index (χ1) is 17.8. The highest BCUT2D eigenvalue weighted by Crippen LogP contribution is 2.40. The van der Waals surface area contributed by atoms with E-state index in [0.717, 1.165) is 59.5 Å². The van der Waals surface area contributed by atoms with Gasteiger partial charge in [-0.05, 0) is 75.3 Å². The number of amides is 1. The summed E-state index contributed by atoms with van der Waals surface area (Å²) >= 11 is 0. The number of carbonyl (C=O) groups excluding carboxylic acids is 1. The van der Waals surface area contributed by atoms with E-state index in [4.69, 9.17) is 9.72 Å². The molecule has 1 aromatic heterocycles. The van der Waals surface area contributed by atoms with Gasteiger partial charge in [0.1, 0.15) is 5.82 Å². The van der Waals surface area contributed by atoms with Gasteiger partial charge in [-0.25, -0.2) is 9.78 Å². The van der Waals surface area contributed by atoms with Crippen LogP contribution in [0.3, 0.4) is 0 Å². The number of aromatic nitrogens is 2. The molecule has 0 saturated heterocycles. The van der Waals surface area contributed by atoms with Crippen molar-refractivity contribution >= 4 is 34.5 Å². The number of ether oxygens (including phenoxy) is 1. The number of methoxy groups -OCH3 is 1. The topological polar surface area (TPSA) is 87.9 Å². The molecule has 0 radical (unpaired) electrons. The highest BCUT2D eigenvalue weighted by atomic mass is 16.5. The molecule has 1 aliphatic heterocycles. The summed E-state index contributed by atoms with van der Waals surface area (Å²) in [6, 6.07) is 12.9. The van der Waals surface area contributed by atoms with Crippen molar-refractivity contribution in [3.05, 3.63) is 53.3 Å². The van der Waals surface area contributed by atoms with Crippen molar-refractivity contribution in [3.8, 4) is 0 Å². The van der Waals surface area contributed by atoms with E-state index in [1.807, 2.05) is 27.1 Å². The largest absolute Gasteiger partial charge is 0.481 e. The fourth-order valence-corrected chi connectivity index (χ4v) is 6.03. The number of nitrogens with zero attached hydrogens (tertiary/aromatic N) is 4. The quantitative estimate of drug-likeness (QED) is 0.499. The Morgan fingerprint density at radius 2 is 1.76 bits per heavy atom. The summed E-state index contributed by atoms with van der Waals surface area (Å²) in [6.07, 6.45) is 5.02. The zero-order chi connectivity index (χ0) is 26.3. The molecule has 1 N–H and O–H groups in total. The second-order valence-electron chi connectivity index (χ2n) is 10.6. The van der Waals surface area contributed by atoms with Crippen LogP contribution in [-0.4, -0.2) is 54.0 Å². The second kappa shape index (κ2) is 10.1. The zero-order valence-electron chi connectivity index (χ0n) is 22.1. The SMILES string of the molecule is COC(=O)N1c2ccc3c(nc(Cc4ccc(N(C)C)cc4)n3C3CCC(C(=O)O)CC3)c2CCC1C. The monoisotopic (exact) mass is 504 g/mol. The molecule has 2 aliphatic rings. The molecule has 2 aromatic carbocycles. The van der Waals surface area contributed by atoms with Crippen LogP contribution in [-0.2, 0) is 22.4 Å². The Morgan fingerprint density at radius 3 is 2.38 bits per heavy atom. The smallest absolute Gasteiger partial charge is 0.414 e. The minimum absolute atomic E-state index is 0.0560. The molecule has 5 rings (SSSR count). The number of carboxylic acids is 1. The minimum atomic E-state index is -0.693. The van der Waals surface area contributed by atoms with Gasteiger partial charge in [-0.3, -0.25) is 9.69 Å². The number of rotatable bonds is 5. The van der Waals surface area contributed by atoms with Crippen LogP contribution in [0.1, 0.15) is 62.0 Å². The maximum Gasteiger partial charge on any atom is 0.414 e. The van der Waals surface area contributed by atoms with Crippen LogP contribution in [0.5, 0.6) is 0 Å². The fourth-order valence-electron chi connectivity index (χ4n) is 6.03. The van der Waals surface area contributed by atoms with E-state index in [9.17, 15) is 14.7 Å². The highest BCUT2D eigenvalue weighted by molar-refractivity contribution is 5.95. The summed E-state index contributed by atoms with van der Waals surface area (Å²) in [6.45, 7) is 2.05. The van der Waals surface area contributed by atoms with Crippen LogP contribution in [0, 0.1) is 5.92 Å². The van der Waals surface area contributed by atoms with Crippen molar-refractivity contribution < 1.29 is 19.4 Å². The number of aryl methyl sites for hydroxylation is 1. The summed E-state index contributed by atoms with van der Waals surface area (Å²) in [7, 11) is 5.48. The van der Waals surface area contributed by atoms with E-state index in [-0.39, 0.29) is 24.1 Å². The first-order valence-electron chi connectivity index (χ1n) is 13.2. The van der Waals surface area contributed by atoms with Gasteiger partial charge in [0, 0.05) is 43.9 Å². The third-order valence-corrected chi connectivity index (χ3v) is 8.13. The fraction of sp³-hybridized carbons (Fsp3) is 0.483. The molecule has 1 unspecified atom stereocenters. The number of anilines is 2. The van der Waals surface area contributed by atoms with Crippen molar-refractivity contribution in [1.82, 2.24) is 9.55 Å². The van der Waals surface area contributed by atoms with Gasteiger partial charge >= 0.3 is 12.1 Å². The lowest BCUT2D eigenvalue weighted by atomic mass is 9.85. The molecular weight excluding hydrogens is 468 g/mol. The second-order valence-corrected chi connectivity index (χ2v) is 10.6. The van der Waals surface area contributed by atoms with Crippen molar-refractivity contribution in [3.63, 3.8) is 0 Å². The molecule has 3 aromatic rings. The molecule has 37 heavy (non-hydrogen) atoms. The average Bonchev–Trinajstić information content (AvgIpc) is 3.26. The molecular formula is C29H36N4O4. The third-order valence-electron chi connectivity index (χ3n) is 8.13. The van der Waals surface area contributed by atoms with Crippen LogP contribution in [0.2, 0.25) is 0 Å². The molecule has 2 heterocycles. The third kappa shape index (κ3) is 4.65. The van der Waals surface area contributed by atoms with E-state index in [1.165, 1.54) is 12.7 Å². The molecule has 8 heteroatoms. The normalized spacial score (nSPS) is 21.5. The summed E-state index contributed by atoms with van der Waals surface area (Å²) in [5.74, 6) is 0.0279. The van der Waals surface area contributed by atoms with E-state index < -0.39 is 5.97 Å². The first-order valence-corrected chi connectivity index (χ1v) is 13.2. The Balaban J connectivity index is 1.59. The summed E-state index contributed by atoms with van der Waals surface area (Å²) in [4.78, 5) is 33.2. The Bertz CT molecular complexity index is 1310. The molecule has 0 spiro atoms. The molecule has 1 amide bonds. The minimum Gasteiger partial charge on any atom is -0.481 e. The van der Waals surface area contributed by atoms with Crippen LogP contribution < -0.4 is 9.80 Å². The van der Waals surface area contributed by atoms with Gasteiger partial charge < -0.3 is 19.3 Å². The molecule has 8 nitrogen and oxygen atoms in total. The van der Waals surface area contributed by atoms with Gasteiger partial charge in [-0.15, -0.1) is 0 Å². The number of fused-ring (bicyclic) bond motifs is 3. The number of benzene rings is 2. The molecule has 1 atom stereocenters. The number of hydrogen-bond acceptors (Lipinski definition) is 5. The molecule has 0 bridgehead atoms. The average molecular weight is 505 g/mol. The molecule has 1 aliphatic carbocycles. The summed E-state index contributed by atoms with van der Waals surface area (Å²) in [5.41, 5.74) is 6.30. The predicted molar refractivity (Wildman–Crippen MR) is 145 cm³/mol. The van der Waals surface area contributed by atoms with Crippen molar-refractivity contribution in [2.75, 3.05) is 31.0 Å². The van der Waals surface area contributed by atoms with Gasteiger partial charge in [-0.1, -0.05) is 12.1 Å². The number of carbonyl (C=O) groups is 2. The maximum absolute atomic E-state index is 12.6. The maximum atomic E-state index is 12.6. The van der Waals surface area contributed by atoms with Gasteiger partial charge in [-0.2, -0.15) is 0 Å². The molecule has 196 valence electrons. The van der Waals surface area contributed by atoms with Crippen LogP contribution in [0.4, 0.5) is 16.2 Å². The van der Waals surface area contributed by atoms with Crippen LogP contribution in [0.15, 0.2) is 36.4 Å². The van der Waals surface area contributed by atoms with E-state index >= 15 is 0 Å². The van der Waals surface area contributed by atoms with Gasteiger partial charge in [0.2, 0.25) is 0 Å². The molecule has 1 fully saturated rings. The highest BCUT2D eigenvalue weighted by Gasteiger charge is 2.33. The summed E-state index contributed by atoms with van der Waals surface area (Å²) in [5, 5.41) is 9.52. The van der Waals surface area contributed by atoms with Gasteiger partial charge in [0.25, 0.3) is 0 Å². The lowest BCUT2D eigenvalue weighted by Crippen LogP contribution is -2.42. The number of imidazole rings is 1. The van der Waals surface area contributed by atoms with Crippen molar-refractivity contribution in [2.24, 2.45) is 5.92 Å². The van der Waals surface area contributed by atoms with Gasteiger partial charge in [0.15, 0.2) is 0 Å². The van der Waals surface area contributed by atoms with E-state index in [0.29, 0.717) is 19.3 Å². The number of hydrogen-bond donors (Lipinski definition) is 1. The lowest BCUT2D eigenvalue weighted by Gasteiger charge is -2.34. The van der Waals surface area contributed by atoms with Gasteiger partial charge in [0.05, 0.1) is 29.7 Å². The van der Waals surface area contributed by atoms with E-state index in [2.05, 4.69) is 39.8 Å². The lowest BCUT2D eigenvalue weighted by molar-refractivity contribution is -0.143. The van der Waals surface area contributed by atoms with E-state index in [1.54, 1.807) is 4.90 Å². The van der Waals surface area contributed by atoms with Crippen molar-refractivity contribution in [1.29, 1.82) is 0 Å². The number of aliphatic carboxylic acids is 1. The Labute approximate surface area is 217 Å². The first kappa shape index (κ1) is 25.1. The number of carboxylic acid groups (broad SMARTS) is 1.